The molecule has 6 nitrogen and oxygen atoms in total. The Morgan fingerprint density at radius 3 is 2.81 bits per heavy atom. The van der Waals surface area contributed by atoms with Crippen LogP contribution in [0.2, 0.25) is 5.02 Å². The maximum atomic E-state index is 12.5. The third kappa shape index (κ3) is 4.19. The molecule has 1 aliphatic heterocycles. The van der Waals surface area contributed by atoms with Crippen LogP contribution < -0.4 is 10.5 Å². The number of hydrogen-bond acceptors (Lipinski definition) is 6. The van der Waals surface area contributed by atoms with Crippen LogP contribution in [0.25, 0.3) is 15.7 Å². The molecule has 0 unspecified atom stereocenters. The second-order valence-electron chi connectivity index (χ2n) is 6.76. The Balaban J connectivity index is 1.70. The summed E-state index contributed by atoms with van der Waals surface area (Å²) in [5.74, 6) is -0.402. The van der Waals surface area contributed by atoms with E-state index in [0.29, 0.717) is 38.9 Å². The van der Waals surface area contributed by atoms with Crippen LogP contribution in [0, 0.1) is 0 Å². The number of nitrogens with two attached hydrogens (primary N) is 1. The van der Waals surface area contributed by atoms with E-state index in [0.717, 1.165) is 15.7 Å². The molecule has 2 heterocycles. The van der Waals surface area contributed by atoms with Crippen LogP contribution in [-0.4, -0.2) is 31.2 Å². The maximum Gasteiger partial charge on any atom is 0.348 e. The van der Waals surface area contributed by atoms with Crippen molar-refractivity contribution in [3.63, 3.8) is 0 Å². The molecule has 2 N–H and O–H groups in total. The topological polar surface area (TPSA) is 91.0 Å². The van der Waals surface area contributed by atoms with E-state index in [9.17, 15) is 9.59 Å². The van der Waals surface area contributed by atoms with Gasteiger partial charge in [0.05, 0.1) is 13.2 Å². The molecule has 0 spiro atoms. The Bertz CT molecular complexity index is 1250. The molecule has 0 atom stereocenters. The van der Waals surface area contributed by atoms with Gasteiger partial charge in [0.15, 0.2) is 0 Å². The molecule has 31 heavy (non-hydrogen) atoms. The Labute approximate surface area is 187 Å². The molecular formula is C23H19ClN2O4S. The summed E-state index contributed by atoms with van der Waals surface area (Å²) in [7, 11) is 0. The highest BCUT2D eigenvalue weighted by Crippen LogP contribution is 2.37. The molecule has 0 saturated carbocycles. The van der Waals surface area contributed by atoms with Crippen molar-refractivity contribution in [3.05, 3.63) is 69.1 Å². The van der Waals surface area contributed by atoms with Crippen LogP contribution in [-0.2, 0) is 11.3 Å². The average Bonchev–Trinajstić information content (AvgIpc) is 3.41. The minimum atomic E-state index is -0.525. The molecule has 0 saturated heterocycles. The number of esters is 1. The van der Waals surface area contributed by atoms with E-state index in [-0.39, 0.29) is 13.2 Å². The first-order chi connectivity index (χ1) is 15.0. The molecule has 158 valence electrons. The van der Waals surface area contributed by atoms with Gasteiger partial charge in [0.1, 0.15) is 17.2 Å². The van der Waals surface area contributed by atoms with Gasteiger partial charge in [0.25, 0.3) is 0 Å². The van der Waals surface area contributed by atoms with E-state index in [1.165, 1.54) is 11.3 Å². The first-order valence-corrected chi connectivity index (χ1v) is 10.8. The number of hydrogen-bond donors (Lipinski definition) is 1. The molecule has 1 aromatic heterocycles. The number of aliphatic imine (C=N–C) groups is 1. The van der Waals surface area contributed by atoms with Gasteiger partial charge in [-0.05, 0) is 48.4 Å². The van der Waals surface area contributed by atoms with Gasteiger partial charge in [0.2, 0.25) is 5.91 Å². The number of ether oxygens (including phenoxy) is 2. The minimum Gasteiger partial charge on any atom is -0.489 e. The van der Waals surface area contributed by atoms with Gasteiger partial charge in [-0.3, -0.25) is 9.79 Å². The number of thiophene rings is 1. The quantitative estimate of drug-likeness (QED) is 0.515. The summed E-state index contributed by atoms with van der Waals surface area (Å²) in [6, 6.07) is 10.6. The number of fused-ring (bicyclic) bond motifs is 1. The van der Waals surface area contributed by atoms with Gasteiger partial charge >= 0.3 is 5.97 Å². The number of rotatable bonds is 7. The van der Waals surface area contributed by atoms with E-state index in [1.807, 2.05) is 18.2 Å². The van der Waals surface area contributed by atoms with Gasteiger partial charge < -0.3 is 15.2 Å². The molecule has 1 aliphatic rings. The van der Waals surface area contributed by atoms with E-state index in [1.54, 1.807) is 37.4 Å². The maximum absolute atomic E-state index is 12.5. The predicted octanol–water partition coefficient (Wildman–Crippen LogP) is 4.88. The Hall–Kier alpha value is -3.16. The third-order valence-electron chi connectivity index (χ3n) is 4.82. The summed E-state index contributed by atoms with van der Waals surface area (Å²) < 4.78 is 12.1. The van der Waals surface area contributed by atoms with Crippen LogP contribution >= 0.6 is 22.9 Å². The monoisotopic (exact) mass is 454 g/mol. The lowest BCUT2D eigenvalue weighted by molar-refractivity contribution is 0.0529. The molecule has 1 amide bonds. The molecule has 8 heteroatoms. The Morgan fingerprint density at radius 2 is 2.10 bits per heavy atom. The summed E-state index contributed by atoms with van der Waals surface area (Å²) in [6.07, 6.45) is 3.62. The minimum absolute atomic E-state index is 0.111. The normalized spacial score (nSPS) is 12.8. The summed E-state index contributed by atoms with van der Waals surface area (Å²) in [4.78, 5) is 29.0. The summed E-state index contributed by atoms with van der Waals surface area (Å²) >= 11 is 7.76. The van der Waals surface area contributed by atoms with E-state index in [2.05, 4.69) is 4.99 Å². The molecule has 0 radical (unpaired) electrons. The molecule has 0 bridgehead atoms. The molecule has 3 aromatic rings. The van der Waals surface area contributed by atoms with Crippen molar-refractivity contribution in [2.45, 2.75) is 13.5 Å². The van der Waals surface area contributed by atoms with Crippen LogP contribution in [0.1, 0.15) is 38.1 Å². The number of benzene rings is 2. The fraction of sp³-hybridized carbons (Fsp3) is 0.174. The molecule has 0 fully saturated rings. The van der Waals surface area contributed by atoms with Crippen molar-refractivity contribution in [1.29, 1.82) is 0 Å². The largest absolute Gasteiger partial charge is 0.489 e. The van der Waals surface area contributed by atoms with Gasteiger partial charge in [-0.15, -0.1) is 11.3 Å². The third-order valence-corrected chi connectivity index (χ3v) is 6.31. The molecule has 0 aliphatic carbocycles. The predicted molar refractivity (Wildman–Crippen MR) is 123 cm³/mol. The lowest BCUT2D eigenvalue weighted by Crippen LogP contribution is -2.14. The standard InChI is InChI=1S/C23H19ClN2O4S/c1-2-29-23(28)21-17(20-18(24)4-3-5-19(20)31-21)12-30-14-6-7-15(22(25)27)16(10-14)13-8-9-26-11-13/h3-8,10-11H,2,9,12H2,1H3,(H2,25,27). The number of carbonyl (C=O) groups excluding carboxylic acids is 2. The second kappa shape index (κ2) is 8.91. The highest BCUT2D eigenvalue weighted by atomic mass is 35.5. The van der Waals surface area contributed by atoms with E-state index >= 15 is 0 Å². The number of halogens is 1. The Morgan fingerprint density at radius 1 is 1.26 bits per heavy atom. The van der Waals surface area contributed by atoms with Crippen molar-refractivity contribution in [2.75, 3.05) is 13.2 Å². The smallest absolute Gasteiger partial charge is 0.348 e. The van der Waals surface area contributed by atoms with Crippen LogP contribution in [0.5, 0.6) is 5.75 Å². The van der Waals surface area contributed by atoms with Gasteiger partial charge in [-0.1, -0.05) is 23.7 Å². The zero-order chi connectivity index (χ0) is 22.0. The number of allylic oxidation sites excluding steroid dienone is 1. The molecule has 4 rings (SSSR count). The number of nitrogens with zero attached hydrogens (tertiary/aromatic N) is 1. The fourth-order valence-corrected chi connectivity index (χ4v) is 4.90. The number of carbonyl (C=O) groups is 2. The van der Waals surface area contributed by atoms with Gasteiger partial charge in [-0.2, -0.15) is 0 Å². The van der Waals surface area contributed by atoms with Gasteiger partial charge in [0, 0.05) is 32.5 Å². The van der Waals surface area contributed by atoms with Crippen molar-refractivity contribution >= 4 is 56.7 Å². The summed E-state index contributed by atoms with van der Waals surface area (Å²) in [5.41, 5.74) is 8.06. The highest BCUT2D eigenvalue weighted by molar-refractivity contribution is 7.21. The zero-order valence-electron chi connectivity index (χ0n) is 16.7. The van der Waals surface area contributed by atoms with E-state index < -0.39 is 11.9 Å². The molecular weight excluding hydrogens is 436 g/mol. The van der Waals surface area contributed by atoms with Gasteiger partial charge in [-0.25, -0.2) is 4.79 Å². The van der Waals surface area contributed by atoms with Crippen molar-refractivity contribution < 1.29 is 19.1 Å². The van der Waals surface area contributed by atoms with Crippen LogP contribution in [0.15, 0.2) is 47.5 Å². The number of amides is 1. The second-order valence-corrected chi connectivity index (χ2v) is 8.22. The Kier molecular flexibility index (Phi) is 6.06. The zero-order valence-corrected chi connectivity index (χ0v) is 18.3. The number of primary amides is 1. The lowest BCUT2D eigenvalue weighted by atomic mass is 10.00. The first kappa shape index (κ1) is 21.1. The van der Waals surface area contributed by atoms with Crippen molar-refractivity contribution in [1.82, 2.24) is 0 Å². The molecule has 2 aromatic carbocycles. The lowest BCUT2D eigenvalue weighted by Gasteiger charge is -2.12. The average molecular weight is 455 g/mol. The highest BCUT2D eigenvalue weighted by Gasteiger charge is 2.22. The van der Waals surface area contributed by atoms with E-state index in [4.69, 9.17) is 26.8 Å². The van der Waals surface area contributed by atoms with Crippen LogP contribution in [0.3, 0.4) is 0 Å². The van der Waals surface area contributed by atoms with Crippen LogP contribution in [0.4, 0.5) is 0 Å². The van der Waals surface area contributed by atoms with Crippen molar-refractivity contribution in [3.8, 4) is 5.75 Å². The summed E-state index contributed by atoms with van der Waals surface area (Å²) in [6.45, 7) is 2.70. The SMILES string of the molecule is CCOC(=O)c1sc2cccc(Cl)c2c1COc1ccc(C(N)=O)c(C2=CCN=C2)c1. The van der Waals surface area contributed by atoms with Crippen molar-refractivity contribution in [2.24, 2.45) is 10.7 Å². The first-order valence-electron chi connectivity index (χ1n) is 9.63. The summed E-state index contributed by atoms with van der Waals surface area (Å²) in [5, 5.41) is 1.32. The fourth-order valence-electron chi connectivity index (χ4n) is 3.42.